The minimum Gasteiger partial charge on any atom is -0.469 e. The largest absolute Gasteiger partial charge is 0.469 e. The molecule has 1 aromatic heterocycles. The van der Waals surface area contributed by atoms with Gasteiger partial charge in [-0.05, 0) is 30.9 Å². The van der Waals surface area contributed by atoms with Crippen molar-refractivity contribution in [3.05, 3.63) is 24.2 Å². The summed E-state index contributed by atoms with van der Waals surface area (Å²) in [6, 6.07) is 4.26. The first-order valence-corrected chi connectivity index (χ1v) is 6.64. The van der Waals surface area contributed by atoms with Gasteiger partial charge in [0.05, 0.1) is 6.26 Å². The molecule has 0 spiro atoms. The Bertz CT molecular complexity index is 273. The van der Waals surface area contributed by atoms with E-state index in [9.17, 15) is 0 Å². The van der Waals surface area contributed by atoms with Crippen LogP contribution < -0.4 is 5.73 Å². The quantitative estimate of drug-likeness (QED) is 0.848. The molecule has 2 nitrogen and oxygen atoms in total. The third-order valence-corrected chi connectivity index (χ3v) is 3.77. The van der Waals surface area contributed by atoms with Gasteiger partial charge < -0.3 is 10.2 Å². The predicted molar refractivity (Wildman–Crippen MR) is 66.2 cm³/mol. The van der Waals surface area contributed by atoms with E-state index in [1.54, 1.807) is 6.26 Å². The lowest BCUT2D eigenvalue weighted by Crippen LogP contribution is -2.32. The summed E-state index contributed by atoms with van der Waals surface area (Å²) in [6.07, 6.45) is 12.2. The van der Waals surface area contributed by atoms with Crippen molar-refractivity contribution in [3.63, 3.8) is 0 Å². The lowest BCUT2D eigenvalue weighted by Gasteiger charge is -2.25. The molecule has 90 valence electrons. The minimum atomic E-state index is 0.282. The Kier molecular flexibility index (Phi) is 4.46. The average Bonchev–Trinajstić information content (AvgIpc) is 2.69. The van der Waals surface area contributed by atoms with E-state index in [1.807, 2.05) is 12.1 Å². The van der Waals surface area contributed by atoms with Gasteiger partial charge in [-0.3, -0.25) is 0 Å². The molecule has 0 aromatic carbocycles. The summed E-state index contributed by atoms with van der Waals surface area (Å²) in [5, 5.41) is 0. The Balaban J connectivity index is 1.84. The maximum absolute atomic E-state index is 6.30. The summed E-state index contributed by atoms with van der Waals surface area (Å²) in [5.41, 5.74) is 6.30. The van der Waals surface area contributed by atoms with Crippen LogP contribution in [0.5, 0.6) is 0 Å². The first kappa shape index (κ1) is 11.7. The summed E-state index contributed by atoms with van der Waals surface area (Å²) >= 11 is 0. The molecule has 0 aliphatic heterocycles. The van der Waals surface area contributed by atoms with Crippen LogP contribution in [0.1, 0.15) is 50.7 Å². The van der Waals surface area contributed by atoms with Gasteiger partial charge in [0.1, 0.15) is 5.76 Å². The van der Waals surface area contributed by atoms with E-state index in [2.05, 4.69) is 0 Å². The van der Waals surface area contributed by atoms with Crippen molar-refractivity contribution in [2.24, 2.45) is 11.7 Å². The molecular formula is C14H23NO. The molecule has 0 bridgehead atoms. The topological polar surface area (TPSA) is 39.2 Å². The van der Waals surface area contributed by atoms with Crippen LogP contribution in [0.25, 0.3) is 0 Å². The number of nitrogens with two attached hydrogens (primary N) is 1. The Labute approximate surface area is 98.2 Å². The van der Waals surface area contributed by atoms with Gasteiger partial charge in [0.15, 0.2) is 0 Å². The van der Waals surface area contributed by atoms with Gasteiger partial charge in [0.2, 0.25) is 0 Å². The van der Waals surface area contributed by atoms with E-state index in [4.69, 9.17) is 10.2 Å². The van der Waals surface area contributed by atoms with E-state index >= 15 is 0 Å². The Hall–Kier alpha value is -0.760. The molecule has 16 heavy (non-hydrogen) atoms. The SMILES string of the molecule is NC(Cc1ccco1)C1CCCCCCC1. The van der Waals surface area contributed by atoms with E-state index in [1.165, 1.54) is 44.9 Å². The predicted octanol–water partition coefficient (Wildman–Crippen LogP) is 3.51. The van der Waals surface area contributed by atoms with Crippen molar-refractivity contribution in [2.75, 3.05) is 0 Å². The number of rotatable bonds is 3. The molecule has 1 heterocycles. The number of hydrogen-bond acceptors (Lipinski definition) is 2. The molecule has 0 radical (unpaired) electrons. The zero-order valence-electron chi connectivity index (χ0n) is 10.0. The summed E-state index contributed by atoms with van der Waals surface area (Å²) in [7, 11) is 0. The van der Waals surface area contributed by atoms with Gasteiger partial charge in [0.25, 0.3) is 0 Å². The Morgan fingerprint density at radius 1 is 1.19 bits per heavy atom. The van der Waals surface area contributed by atoms with Crippen LogP contribution in [0.15, 0.2) is 22.8 Å². The van der Waals surface area contributed by atoms with Crippen molar-refractivity contribution < 1.29 is 4.42 Å². The molecule has 1 aliphatic rings. The average molecular weight is 221 g/mol. The fourth-order valence-electron chi connectivity index (χ4n) is 2.74. The standard InChI is InChI=1S/C14H23NO/c15-14(11-13-9-6-10-16-13)12-7-4-2-1-3-5-8-12/h6,9-10,12,14H,1-5,7-8,11,15H2. The summed E-state index contributed by atoms with van der Waals surface area (Å²) in [5.74, 6) is 1.74. The second kappa shape index (κ2) is 6.09. The van der Waals surface area contributed by atoms with Crippen LogP contribution >= 0.6 is 0 Å². The van der Waals surface area contributed by atoms with Gasteiger partial charge in [-0.2, -0.15) is 0 Å². The maximum atomic E-state index is 6.30. The van der Waals surface area contributed by atoms with Crippen LogP contribution in [0, 0.1) is 5.92 Å². The van der Waals surface area contributed by atoms with Gasteiger partial charge in [0, 0.05) is 12.5 Å². The molecule has 0 saturated heterocycles. The van der Waals surface area contributed by atoms with E-state index < -0.39 is 0 Å². The third kappa shape index (κ3) is 3.38. The van der Waals surface area contributed by atoms with Gasteiger partial charge in [-0.25, -0.2) is 0 Å². The molecular weight excluding hydrogens is 198 g/mol. The summed E-state index contributed by atoms with van der Waals surface area (Å²) in [4.78, 5) is 0. The van der Waals surface area contributed by atoms with E-state index in [-0.39, 0.29) is 6.04 Å². The lowest BCUT2D eigenvalue weighted by molar-refractivity contribution is 0.311. The Morgan fingerprint density at radius 2 is 1.88 bits per heavy atom. The normalized spacial score (nSPS) is 21.3. The number of hydrogen-bond donors (Lipinski definition) is 1. The highest BCUT2D eigenvalue weighted by Crippen LogP contribution is 2.25. The van der Waals surface area contributed by atoms with Crippen LogP contribution in [-0.2, 0) is 6.42 Å². The first-order valence-electron chi connectivity index (χ1n) is 6.64. The highest BCUT2D eigenvalue weighted by Gasteiger charge is 2.19. The van der Waals surface area contributed by atoms with Crippen LogP contribution in [0.4, 0.5) is 0 Å². The monoisotopic (exact) mass is 221 g/mol. The molecule has 2 N–H and O–H groups in total. The maximum Gasteiger partial charge on any atom is 0.105 e. The highest BCUT2D eigenvalue weighted by molar-refractivity contribution is 5.00. The molecule has 2 heteroatoms. The molecule has 1 aromatic rings. The molecule has 1 atom stereocenters. The Morgan fingerprint density at radius 3 is 2.50 bits per heavy atom. The van der Waals surface area contributed by atoms with Gasteiger partial charge in [-0.15, -0.1) is 0 Å². The van der Waals surface area contributed by atoms with Gasteiger partial charge >= 0.3 is 0 Å². The smallest absolute Gasteiger partial charge is 0.105 e. The van der Waals surface area contributed by atoms with Crippen LogP contribution in [-0.4, -0.2) is 6.04 Å². The number of furan rings is 1. The van der Waals surface area contributed by atoms with Crippen LogP contribution in [0.2, 0.25) is 0 Å². The zero-order valence-corrected chi connectivity index (χ0v) is 10.0. The second-order valence-electron chi connectivity index (χ2n) is 5.05. The fourth-order valence-corrected chi connectivity index (χ4v) is 2.74. The van der Waals surface area contributed by atoms with Crippen molar-refractivity contribution in [2.45, 2.75) is 57.4 Å². The minimum absolute atomic E-state index is 0.282. The van der Waals surface area contributed by atoms with Crippen LogP contribution in [0.3, 0.4) is 0 Å². The van der Waals surface area contributed by atoms with Crippen molar-refractivity contribution in [3.8, 4) is 0 Å². The summed E-state index contributed by atoms with van der Waals surface area (Å²) in [6.45, 7) is 0. The van der Waals surface area contributed by atoms with Crippen molar-refractivity contribution in [1.29, 1.82) is 0 Å². The second-order valence-corrected chi connectivity index (χ2v) is 5.05. The zero-order chi connectivity index (χ0) is 11.2. The fraction of sp³-hybridized carbons (Fsp3) is 0.714. The third-order valence-electron chi connectivity index (χ3n) is 3.77. The highest BCUT2D eigenvalue weighted by atomic mass is 16.3. The molecule has 1 saturated carbocycles. The van der Waals surface area contributed by atoms with E-state index in [0.717, 1.165) is 12.2 Å². The molecule has 0 amide bonds. The van der Waals surface area contributed by atoms with E-state index in [0.29, 0.717) is 5.92 Å². The van der Waals surface area contributed by atoms with Crippen molar-refractivity contribution in [1.82, 2.24) is 0 Å². The summed E-state index contributed by atoms with van der Waals surface area (Å²) < 4.78 is 5.37. The molecule has 1 fully saturated rings. The molecule has 1 aliphatic carbocycles. The first-order chi connectivity index (χ1) is 7.86. The molecule has 2 rings (SSSR count). The molecule has 1 unspecified atom stereocenters. The lowest BCUT2D eigenvalue weighted by atomic mass is 9.84. The van der Waals surface area contributed by atoms with Crippen molar-refractivity contribution >= 4 is 0 Å². The van der Waals surface area contributed by atoms with Gasteiger partial charge in [-0.1, -0.05) is 32.1 Å².